The van der Waals surface area contributed by atoms with Crippen LogP contribution in [0.2, 0.25) is 0 Å². The second kappa shape index (κ2) is 8.06. The number of rotatable bonds is 5. The molecule has 0 aliphatic carbocycles. The summed E-state index contributed by atoms with van der Waals surface area (Å²) < 4.78 is 0. The molecule has 0 bridgehead atoms. The number of pyridine rings is 1. The van der Waals surface area contributed by atoms with Gasteiger partial charge in [-0.3, -0.25) is 14.7 Å². The van der Waals surface area contributed by atoms with Gasteiger partial charge in [0.1, 0.15) is 0 Å². The van der Waals surface area contributed by atoms with Gasteiger partial charge in [-0.1, -0.05) is 36.4 Å². The summed E-state index contributed by atoms with van der Waals surface area (Å²) in [7, 11) is 0. The number of amides is 1. The van der Waals surface area contributed by atoms with E-state index in [1.165, 1.54) is 5.56 Å². The first-order valence-corrected chi connectivity index (χ1v) is 8.67. The lowest BCUT2D eigenvalue weighted by atomic mass is 9.96. The molecular formula is C20H25N3O. The predicted octanol–water partition coefficient (Wildman–Crippen LogP) is 2.92. The summed E-state index contributed by atoms with van der Waals surface area (Å²) >= 11 is 0. The van der Waals surface area contributed by atoms with Gasteiger partial charge in [-0.15, -0.1) is 0 Å². The molecule has 1 atom stereocenters. The van der Waals surface area contributed by atoms with E-state index in [4.69, 9.17) is 0 Å². The van der Waals surface area contributed by atoms with E-state index in [9.17, 15) is 4.79 Å². The Kier molecular flexibility index (Phi) is 5.59. The summed E-state index contributed by atoms with van der Waals surface area (Å²) in [6, 6.07) is 16.4. The summed E-state index contributed by atoms with van der Waals surface area (Å²) in [5.74, 6) is 0.225. The Morgan fingerprint density at radius 1 is 1.21 bits per heavy atom. The van der Waals surface area contributed by atoms with E-state index in [0.29, 0.717) is 6.54 Å². The van der Waals surface area contributed by atoms with Gasteiger partial charge in [0.2, 0.25) is 5.91 Å². The normalized spacial score (nSPS) is 18.3. The van der Waals surface area contributed by atoms with Crippen LogP contribution >= 0.6 is 0 Å². The summed E-state index contributed by atoms with van der Waals surface area (Å²) in [4.78, 5) is 19.3. The van der Waals surface area contributed by atoms with Crippen molar-refractivity contribution in [3.05, 3.63) is 65.5 Å². The SMILES string of the molecule is Cc1cccc(CNC(=O)[C@@H]2CCCN(Cc3ccccc3)C2)n1. The lowest BCUT2D eigenvalue weighted by Gasteiger charge is -2.32. The van der Waals surface area contributed by atoms with E-state index in [1.807, 2.05) is 31.2 Å². The van der Waals surface area contributed by atoms with Crippen LogP contribution in [0.5, 0.6) is 0 Å². The molecular weight excluding hydrogens is 298 g/mol. The van der Waals surface area contributed by atoms with E-state index in [-0.39, 0.29) is 11.8 Å². The lowest BCUT2D eigenvalue weighted by molar-refractivity contribution is -0.127. The molecule has 0 unspecified atom stereocenters. The van der Waals surface area contributed by atoms with Crippen molar-refractivity contribution >= 4 is 5.91 Å². The number of piperidine rings is 1. The fourth-order valence-electron chi connectivity index (χ4n) is 3.27. The maximum atomic E-state index is 12.5. The fraction of sp³-hybridized carbons (Fsp3) is 0.400. The van der Waals surface area contributed by atoms with Crippen LogP contribution < -0.4 is 5.32 Å². The van der Waals surface area contributed by atoms with Crippen molar-refractivity contribution in [2.24, 2.45) is 5.92 Å². The molecule has 2 heterocycles. The molecule has 1 aromatic carbocycles. The van der Waals surface area contributed by atoms with Crippen molar-refractivity contribution < 1.29 is 4.79 Å². The molecule has 1 amide bonds. The number of benzene rings is 1. The molecule has 1 saturated heterocycles. The van der Waals surface area contributed by atoms with Crippen LogP contribution in [0.1, 0.15) is 29.8 Å². The molecule has 4 heteroatoms. The number of likely N-dealkylation sites (tertiary alicyclic amines) is 1. The maximum Gasteiger partial charge on any atom is 0.224 e. The Labute approximate surface area is 143 Å². The van der Waals surface area contributed by atoms with Crippen LogP contribution in [0.25, 0.3) is 0 Å². The van der Waals surface area contributed by atoms with Gasteiger partial charge in [0.05, 0.1) is 18.2 Å². The minimum absolute atomic E-state index is 0.0762. The van der Waals surface area contributed by atoms with Crippen molar-refractivity contribution in [3.63, 3.8) is 0 Å². The first-order chi connectivity index (χ1) is 11.7. The molecule has 126 valence electrons. The molecule has 0 spiro atoms. The summed E-state index contributed by atoms with van der Waals surface area (Å²) in [5.41, 5.74) is 3.20. The quantitative estimate of drug-likeness (QED) is 0.920. The lowest BCUT2D eigenvalue weighted by Crippen LogP contribution is -2.42. The number of hydrogen-bond acceptors (Lipinski definition) is 3. The van der Waals surface area contributed by atoms with Gasteiger partial charge in [-0.25, -0.2) is 0 Å². The van der Waals surface area contributed by atoms with Gasteiger partial charge in [-0.2, -0.15) is 0 Å². The molecule has 1 fully saturated rings. The highest BCUT2D eigenvalue weighted by Crippen LogP contribution is 2.19. The zero-order valence-corrected chi connectivity index (χ0v) is 14.2. The van der Waals surface area contributed by atoms with Crippen LogP contribution in [-0.4, -0.2) is 28.9 Å². The standard InChI is InChI=1S/C20H25N3O/c1-16-7-5-11-19(22-16)13-21-20(24)18-10-6-12-23(15-18)14-17-8-3-2-4-9-17/h2-5,7-9,11,18H,6,10,12-15H2,1H3,(H,21,24)/t18-/m1/s1. The average Bonchev–Trinajstić information content (AvgIpc) is 2.61. The molecule has 24 heavy (non-hydrogen) atoms. The van der Waals surface area contributed by atoms with E-state index >= 15 is 0 Å². The molecule has 3 rings (SSSR count). The van der Waals surface area contributed by atoms with Crippen LogP contribution in [0.15, 0.2) is 48.5 Å². The second-order valence-corrected chi connectivity index (χ2v) is 6.55. The first kappa shape index (κ1) is 16.7. The topological polar surface area (TPSA) is 45.2 Å². The third kappa shape index (κ3) is 4.65. The van der Waals surface area contributed by atoms with Gasteiger partial charge in [0.25, 0.3) is 0 Å². The van der Waals surface area contributed by atoms with Gasteiger partial charge in [-0.05, 0) is 44.0 Å². The summed E-state index contributed by atoms with van der Waals surface area (Å²) in [5, 5.41) is 3.05. The Balaban J connectivity index is 1.51. The van der Waals surface area contributed by atoms with E-state index in [1.54, 1.807) is 0 Å². The van der Waals surface area contributed by atoms with Gasteiger partial charge >= 0.3 is 0 Å². The molecule has 0 saturated carbocycles. The fourth-order valence-corrected chi connectivity index (χ4v) is 3.27. The van der Waals surface area contributed by atoms with Crippen molar-refractivity contribution in [2.75, 3.05) is 13.1 Å². The number of carbonyl (C=O) groups excluding carboxylic acids is 1. The second-order valence-electron chi connectivity index (χ2n) is 6.55. The minimum atomic E-state index is 0.0762. The number of aryl methyl sites for hydroxylation is 1. The van der Waals surface area contributed by atoms with Crippen LogP contribution in [0.4, 0.5) is 0 Å². The number of nitrogens with zero attached hydrogens (tertiary/aromatic N) is 2. The third-order valence-electron chi connectivity index (χ3n) is 4.52. The highest BCUT2D eigenvalue weighted by atomic mass is 16.1. The van der Waals surface area contributed by atoms with Crippen LogP contribution in [-0.2, 0) is 17.9 Å². The molecule has 1 N–H and O–H groups in total. The average molecular weight is 323 g/mol. The van der Waals surface area contributed by atoms with Gasteiger partial charge in [0, 0.05) is 18.8 Å². The number of nitrogens with one attached hydrogen (secondary N) is 1. The molecule has 4 nitrogen and oxygen atoms in total. The zero-order chi connectivity index (χ0) is 16.8. The monoisotopic (exact) mass is 323 g/mol. The molecule has 1 aliphatic rings. The number of carbonyl (C=O) groups is 1. The Morgan fingerprint density at radius 2 is 2.04 bits per heavy atom. The molecule has 1 aromatic heterocycles. The maximum absolute atomic E-state index is 12.5. The summed E-state index contributed by atoms with van der Waals surface area (Å²) in [6.07, 6.45) is 2.05. The Morgan fingerprint density at radius 3 is 2.83 bits per heavy atom. The third-order valence-corrected chi connectivity index (χ3v) is 4.52. The zero-order valence-electron chi connectivity index (χ0n) is 14.2. The van der Waals surface area contributed by atoms with Crippen molar-refractivity contribution in [3.8, 4) is 0 Å². The van der Waals surface area contributed by atoms with Crippen molar-refractivity contribution in [1.82, 2.24) is 15.2 Å². The molecule has 2 aromatic rings. The van der Waals surface area contributed by atoms with Crippen molar-refractivity contribution in [2.45, 2.75) is 32.9 Å². The first-order valence-electron chi connectivity index (χ1n) is 8.67. The smallest absolute Gasteiger partial charge is 0.224 e. The van der Waals surface area contributed by atoms with Crippen molar-refractivity contribution in [1.29, 1.82) is 0 Å². The van der Waals surface area contributed by atoms with Crippen LogP contribution in [0, 0.1) is 12.8 Å². The minimum Gasteiger partial charge on any atom is -0.350 e. The molecule has 0 radical (unpaired) electrons. The number of hydrogen-bond donors (Lipinski definition) is 1. The predicted molar refractivity (Wildman–Crippen MR) is 95.3 cm³/mol. The van der Waals surface area contributed by atoms with E-state index in [2.05, 4.69) is 39.5 Å². The van der Waals surface area contributed by atoms with Gasteiger partial charge < -0.3 is 5.32 Å². The molecule has 1 aliphatic heterocycles. The Hall–Kier alpha value is -2.20. The van der Waals surface area contributed by atoms with E-state index in [0.717, 1.165) is 43.9 Å². The Bertz CT molecular complexity index is 672. The summed E-state index contributed by atoms with van der Waals surface area (Å²) in [6.45, 7) is 5.30. The largest absolute Gasteiger partial charge is 0.350 e. The highest BCUT2D eigenvalue weighted by Gasteiger charge is 2.25. The number of aromatic nitrogens is 1. The van der Waals surface area contributed by atoms with Gasteiger partial charge in [0.15, 0.2) is 0 Å². The van der Waals surface area contributed by atoms with Crippen LogP contribution in [0.3, 0.4) is 0 Å². The highest BCUT2D eigenvalue weighted by molar-refractivity contribution is 5.78. The van der Waals surface area contributed by atoms with E-state index < -0.39 is 0 Å².